The minimum absolute atomic E-state index is 0.133. The Kier molecular flexibility index (Phi) is 5.96. The van der Waals surface area contributed by atoms with E-state index >= 15 is 0 Å². The molecule has 1 aromatic heterocycles. The molecule has 1 aromatic rings. The van der Waals surface area contributed by atoms with Crippen LogP contribution >= 0.6 is 0 Å². The van der Waals surface area contributed by atoms with Gasteiger partial charge in [0.2, 0.25) is 0 Å². The molecule has 0 saturated carbocycles. The standard InChI is InChI=1S/C12H24N4O2S/c1-4-16-10-12(14-11(16)2)19(17,18)15(3)9-7-5-6-8-13/h10H,4-9,13H2,1-3H3. The van der Waals surface area contributed by atoms with E-state index in [0.29, 0.717) is 19.6 Å². The van der Waals surface area contributed by atoms with E-state index in [-0.39, 0.29) is 5.03 Å². The lowest BCUT2D eigenvalue weighted by Crippen LogP contribution is -2.28. The van der Waals surface area contributed by atoms with E-state index in [2.05, 4.69) is 4.98 Å². The van der Waals surface area contributed by atoms with Crippen LogP contribution in [0.4, 0.5) is 0 Å². The summed E-state index contributed by atoms with van der Waals surface area (Å²) >= 11 is 0. The number of aryl methyl sites for hydroxylation is 2. The SMILES string of the molecule is CCn1cc(S(=O)(=O)N(C)CCCCCN)nc1C. The summed E-state index contributed by atoms with van der Waals surface area (Å²) in [6, 6.07) is 0. The molecule has 0 bridgehead atoms. The third-order valence-electron chi connectivity index (χ3n) is 3.15. The van der Waals surface area contributed by atoms with Crippen LogP contribution in [0.5, 0.6) is 0 Å². The summed E-state index contributed by atoms with van der Waals surface area (Å²) in [5.74, 6) is 0.720. The second-order valence-corrected chi connectivity index (χ2v) is 6.58. The number of hydrogen-bond acceptors (Lipinski definition) is 4. The summed E-state index contributed by atoms with van der Waals surface area (Å²) in [4.78, 5) is 4.13. The Bertz CT molecular complexity index is 496. The molecule has 0 unspecified atom stereocenters. The highest BCUT2D eigenvalue weighted by molar-refractivity contribution is 7.89. The van der Waals surface area contributed by atoms with Crippen molar-refractivity contribution in [2.24, 2.45) is 5.73 Å². The maximum atomic E-state index is 12.3. The Balaban J connectivity index is 2.73. The van der Waals surface area contributed by atoms with Crippen molar-refractivity contribution in [1.82, 2.24) is 13.9 Å². The molecule has 0 aliphatic carbocycles. The number of nitrogens with two attached hydrogens (primary N) is 1. The fraction of sp³-hybridized carbons (Fsp3) is 0.750. The van der Waals surface area contributed by atoms with Gasteiger partial charge in [-0.05, 0) is 33.2 Å². The Morgan fingerprint density at radius 1 is 1.37 bits per heavy atom. The van der Waals surface area contributed by atoms with Crippen LogP contribution in [0.15, 0.2) is 11.2 Å². The zero-order valence-electron chi connectivity index (χ0n) is 12.0. The number of unbranched alkanes of at least 4 members (excludes halogenated alkanes) is 2. The summed E-state index contributed by atoms with van der Waals surface area (Å²) in [7, 11) is -1.87. The van der Waals surface area contributed by atoms with Crippen molar-refractivity contribution < 1.29 is 8.42 Å². The van der Waals surface area contributed by atoms with Crippen LogP contribution in [-0.2, 0) is 16.6 Å². The fourth-order valence-corrected chi connectivity index (χ4v) is 3.06. The molecule has 6 nitrogen and oxygen atoms in total. The van der Waals surface area contributed by atoms with E-state index in [1.165, 1.54) is 4.31 Å². The van der Waals surface area contributed by atoms with Gasteiger partial charge in [-0.2, -0.15) is 4.31 Å². The van der Waals surface area contributed by atoms with Crippen LogP contribution in [-0.4, -0.2) is 42.4 Å². The van der Waals surface area contributed by atoms with Gasteiger partial charge in [0.25, 0.3) is 10.0 Å². The topological polar surface area (TPSA) is 81.2 Å². The van der Waals surface area contributed by atoms with Crippen molar-refractivity contribution in [2.75, 3.05) is 20.1 Å². The molecule has 0 aliphatic rings. The molecule has 19 heavy (non-hydrogen) atoms. The highest BCUT2D eigenvalue weighted by atomic mass is 32.2. The quantitative estimate of drug-likeness (QED) is 0.722. The summed E-state index contributed by atoms with van der Waals surface area (Å²) in [6.45, 7) is 5.64. The lowest BCUT2D eigenvalue weighted by molar-refractivity contribution is 0.450. The van der Waals surface area contributed by atoms with Gasteiger partial charge in [-0.25, -0.2) is 13.4 Å². The summed E-state index contributed by atoms with van der Waals surface area (Å²) in [6.07, 6.45) is 4.29. The van der Waals surface area contributed by atoms with Gasteiger partial charge < -0.3 is 10.3 Å². The van der Waals surface area contributed by atoms with Crippen LogP contribution in [0.1, 0.15) is 32.0 Å². The van der Waals surface area contributed by atoms with Gasteiger partial charge in [0.1, 0.15) is 5.82 Å². The van der Waals surface area contributed by atoms with Crippen LogP contribution in [0.2, 0.25) is 0 Å². The molecule has 7 heteroatoms. The van der Waals surface area contributed by atoms with Gasteiger partial charge >= 0.3 is 0 Å². The first kappa shape index (κ1) is 16.1. The molecular formula is C12H24N4O2S. The number of nitrogens with zero attached hydrogens (tertiary/aromatic N) is 3. The zero-order chi connectivity index (χ0) is 14.5. The molecule has 0 amide bonds. The minimum atomic E-state index is -3.47. The predicted molar refractivity (Wildman–Crippen MR) is 75.4 cm³/mol. The molecule has 0 fully saturated rings. The summed E-state index contributed by atoms with van der Waals surface area (Å²) in [5, 5.41) is 0.133. The number of aromatic nitrogens is 2. The van der Waals surface area contributed by atoms with Gasteiger partial charge in [0, 0.05) is 26.3 Å². The van der Waals surface area contributed by atoms with Crippen LogP contribution < -0.4 is 5.73 Å². The summed E-state index contributed by atoms with van der Waals surface area (Å²) in [5.41, 5.74) is 5.41. The average Bonchev–Trinajstić information content (AvgIpc) is 2.76. The van der Waals surface area contributed by atoms with Gasteiger partial charge in [0.05, 0.1) is 0 Å². The van der Waals surface area contributed by atoms with Crippen molar-refractivity contribution >= 4 is 10.0 Å². The molecule has 1 rings (SSSR count). The van der Waals surface area contributed by atoms with E-state index in [4.69, 9.17) is 5.73 Å². The Morgan fingerprint density at radius 2 is 2.05 bits per heavy atom. The molecule has 0 spiro atoms. The molecule has 0 aliphatic heterocycles. The number of hydrogen-bond donors (Lipinski definition) is 1. The van der Waals surface area contributed by atoms with Crippen molar-refractivity contribution in [3.05, 3.63) is 12.0 Å². The molecule has 0 saturated heterocycles. The largest absolute Gasteiger partial charge is 0.334 e. The van der Waals surface area contributed by atoms with E-state index in [0.717, 1.165) is 25.1 Å². The zero-order valence-corrected chi connectivity index (χ0v) is 12.8. The third-order valence-corrected chi connectivity index (χ3v) is 4.87. The van der Waals surface area contributed by atoms with E-state index in [9.17, 15) is 8.42 Å². The maximum absolute atomic E-state index is 12.3. The number of rotatable bonds is 8. The molecule has 1 heterocycles. The second kappa shape index (κ2) is 7.02. The van der Waals surface area contributed by atoms with Gasteiger partial charge in [-0.3, -0.25) is 0 Å². The summed E-state index contributed by atoms with van der Waals surface area (Å²) < 4.78 is 27.8. The van der Waals surface area contributed by atoms with Crippen LogP contribution in [0.25, 0.3) is 0 Å². The molecular weight excluding hydrogens is 264 g/mol. The highest BCUT2D eigenvalue weighted by Crippen LogP contribution is 2.14. The van der Waals surface area contributed by atoms with Gasteiger partial charge in [-0.1, -0.05) is 6.42 Å². The number of sulfonamides is 1. The number of imidazole rings is 1. The lowest BCUT2D eigenvalue weighted by Gasteiger charge is -2.15. The maximum Gasteiger partial charge on any atom is 0.261 e. The molecule has 0 atom stereocenters. The first-order valence-electron chi connectivity index (χ1n) is 6.63. The van der Waals surface area contributed by atoms with Gasteiger partial charge in [-0.15, -0.1) is 0 Å². The Labute approximate surface area is 115 Å². The van der Waals surface area contributed by atoms with E-state index in [1.807, 2.05) is 18.4 Å². The molecule has 0 radical (unpaired) electrons. The normalized spacial score (nSPS) is 12.3. The van der Waals surface area contributed by atoms with Crippen molar-refractivity contribution in [3.63, 3.8) is 0 Å². The van der Waals surface area contributed by atoms with Crippen molar-refractivity contribution in [2.45, 2.75) is 44.7 Å². The first-order chi connectivity index (χ1) is 8.93. The Hall–Kier alpha value is -0.920. The van der Waals surface area contributed by atoms with Crippen LogP contribution in [0.3, 0.4) is 0 Å². The molecule has 0 aromatic carbocycles. The highest BCUT2D eigenvalue weighted by Gasteiger charge is 2.23. The van der Waals surface area contributed by atoms with Crippen molar-refractivity contribution in [3.8, 4) is 0 Å². The van der Waals surface area contributed by atoms with E-state index < -0.39 is 10.0 Å². The third kappa shape index (κ3) is 4.02. The minimum Gasteiger partial charge on any atom is -0.334 e. The first-order valence-corrected chi connectivity index (χ1v) is 8.07. The van der Waals surface area contributed by atoms with Crippen molar-refractivity contribution in [1.29, 1.82) is 0 Å². The monoisotopic (exact) mass is 288 g/mol. The van der Waals surface area contributed by atoms with Gasteiger partial charge in [0.15, 0.2) is 5.03 Å². The Morgan fingerprint density at radius 3 is 2.58 bits per heavy atom. The fourth-order valence-electron chi connectivity index (χ4n) is 1.86. The molecule has 2 N–H and O–H groups in total. The smallest absolute Gasteiger partial charge is 0.261 e. The van der Waals surface area contributed by atoms with E-state index in [1.54, 1.807) is 13.2 Å². The predicted octanol–water partition coefficient (Wildman–Crippen LogP) is 0.961. The lowest BCUT2D eigenvalue weighted by atomic mass is 10.2. The van der Waals surface area contributed by atoms with Crippen LogP contribution in [0, 0.1) is 6.92 Å². The average molecular weight is 288 g/mol. The molecule has 110 valence electrons. The second-order valence-electron chi connectivity index (χ2n) is 4.59.